The quantitative estimate of drug-likeness (QED) is 0.791. The number of nitriles is 1. The van der Waals surface area contributed by atoms with E-state index in [4.69, 9.17) is 10.00 Å². The molecular formula is C21H21N5O3. The van der Waals surface area contributed by atoms with Crippen LogP contribution in [0.3, 0.4) is 0 Å². The summed E-state index contributed by atoms with van der Waals surface area (Å²) in [7, 11) is 0. The number of aromatic nitrogens is 1. The summed E-state index contributed by atoms with van der Waals surface area (Å²) in [4.78, 5) is 35.8. The monoisotopic (exact) mass is 391 g/mol. The number of ether oxygens (including phenoxy) is 1. The van der Waals surface area contributed by atoms with E-state index in [1.807, 2.05) is 0 Å². The van der Waals surface area contributed by atoms with E-state index in [1.165, 1.54) is 4.90 Å². The number of anilines is 1. The van der Waals surface area contributed by atoms with Crippen LogP contribution in [0.15, 0.2) is 42.6 Å². The van der Waals surface area contributed by atoms with Gasteiger partial charge in [0, 0.05) is 45.3 Å². The van der Waals surface area contributed by atoms with Crippen molar-refractivity contribution in [3.63, 3.8) is 0 Å². The average molecular weight is 391 g/mol. The number of amides is 2. The Morgan fingerprint density at radius 1 is 1.14 bits per heavy atom. The molecule has 29 heavy (non-hydrogen) atoms. The van der Waals surface area contributed by atoms with Crippen LogP contribution >= 0.6 is 0 Å². The van der Waals surface area contributed by atoms with Crippen LogP contribution in [0, 0.1) is 11.3 Å². The van der Waals surface area contributed by atoms with E-state index >= 15 is 0 Å². The van der Waals surface area contributed by atoms with Gasteiger partial charge < -0.3 is 9.64 Å². The third kappa shape index (κ3) is 3.91. The number of para-hydroxylation sites is 1. The van der Waals surface area contributed by atoms with Crippen molar-refractivity contribution in [2.24, 2.45) is 0 Å². The first-order valence-electron chi connectivity index (χ1n) is 9.58. The highest BCUT2D eigenvalue weighted by molar-refractivity contribution is 6.11. The molecule has 1 fully saturated rings. The molecule has 8 heteroatoms. The number of hydrogen-bond donors (Lipinski definition) is 0. The van der Waals surface area contributed by atoms with Gasteiger partial charge in [-0.1, -0.05) is 12.1 Å². The van der Waals surface area contributed by atoms with Crippen molar-refractivity contribution in [1.82, 2.24) is 14.8 Å². The standard InChI is InChI=1S/C21H21N5O3/c22-8-4-10-24-11-13-25(14-12-24)19(27)15-26-17-6-3-9-23-20(17)29-18-7-2-1-5-16(18)21(26)28/h1-3,5-7,9H,4,10-15H2. The lowest BCUT2D eigenvalue weighted by Crippen LogP contribution is -2.52. The van der Waals surface area contributed by atoms with Crippen molar-refractivity contribution < 1.29 is 14.3 Å². The summed E-state index contributed by atoms with van der Waals surface area (Å²) in [6, 6.07) is 12.6. The van der Waals surface area contributed by atoms with Gasteiger partial charge in [0.2, 0.25) is 11.8 Å². The SMILES string of the molecule is N#CCCN1CCN(C(=O)CN2C(=O)c3ccccc3Oc3ncccc32)CC1. The lowest BCUT2D eigenvalue weighted by molar-refractivity contribution is -0.131. The van der Waals surface area contributed by atoms with Crippen LogP contribution in [0.4, 0.5) is 5.69 Å². The predicted molar refractivity (Wildman–Crippen MR) is 106 cm³/mol. The van der Waals surface area contributed by atoms with E-state index in [0.717, 1.165) is 19.6 Å². The van der Waals surface area contributed by atoms with Crippen LogP contribution in [0.2, 0.25) is 0 Å². The van der Waals surface area contributed by atoms with Gasteiger partial charge in [0.05, 0.1) is 11.6 Å². The normalized spacial score (nSPS) is 16.3. The molecule has 4 rings (SSSR count). The number of pyridine rings is 1. The van der Waals surface area contributed by atoms with Gasteiger partial charge in [-0.15, -0.1) is 0 Å². The van der Waals surface area contributed by atoms with Gasteiger partial charge in [-0.3, -0.25) is 19.4 Å². The molecule has 2 aliphatic heterocycles. The number of nitrogens with zero attached hydrogens (tertiary/aromatic N) is 5. The molecule has 2 aliphatic rings. The first-order valence-corrected chi connectivity index (χ1v) is 9.58. The zero-order chi connectivity index (χ0) is 20.2. The van der Waals surface area contributed by atoms with Gasteiger partial charge in [0.1, 0.15) is 18.0 Å². The Balaban J connectivity index is 1.53. The molecule has 8 nitrogen and oxygen atoms in total. The Morgan fingerprint density at radius 3 is 2.72 bits per heavy atom. The summed E-state index contributed by atoms with van der Waals surface area (Å²) < 4.78 is 5.85. The van der Waals surface area contributed by atoms with Gasteiger partial charge in [0.15, 0.2) is 0 Å². The van der Waals surface area contributed by atoms with Gasteiger partial charge in [0.25, 0.3) is 5.91 Å². The van der Waals surface area contributed by atoms with Gasteiger partial charge in [-0.2, -0.15) is 5.26 Å². The van der Waals surface area contributed by atoms with Crippen molar-refractivity contribution in [2.75, 3.05) is 44.2 Å². The molecule has 0 bridgehead atoms. The van der Waals surface area contributed by atoms with Crippen LogP contribution in [-0.4, -0.2) is 65.9 Å². The smallest absolute Gasteiger partial charge is 0.262 e. The van der Waals surface area contributed by atoms with E-state index < -0.39 is 0 Å². The van der Waals surface area contributed by atoms with Crippen LogP contribution in [0.25, 0.3) is 0 Å². The third-order valence-electron chi connectivity index (χ3n) is 5.17. The fraction of sp³-hybridized carbons (Fsp3) is 0.333. The van der Waals surface area contributed by atoms with Crippen LogP contribution in [0.5, 0.6) is 11.6 Å². The Bertz CT molecular complexity index is 963. The molecule has 3 heterocycles. The summed E-state index contributed by atoms with van der Waals surface area (Å²) in [5.41, 5.74) is 0.884. The van der Waals surface area contributed by atoms with Crippen LogP contribution in [-0.2, 0) is 4.79 Å². The van der Waals surface area contributed by atoms with Gasteiger partial charge in [-0.25, -0.2) is 4.98 Å². The molecular weight excluding hydrogens is 370 g/mol. The maximum Gasteiger partial charge on any atom is 0.262 e. The van der Waals surface area contributed by atoms with E-state index in [2.05, 4.69) is 16.0 Å². The lowest BCUT2D eigenvalue weighted by Gasteiger charge is -2.35. The minimum absolute atomic E-state index is 0.0760. The largest absolute Gasteiger partial charge is 0.436 e. The summed E-state index contributed by atoms with van der Waals surface area (Å²) in [5.74, 6) is 0.333. The topological polar surface area (TPSA) is 89.8 Å². The second-order valence-electron chi connectivity index (χ2n) is 6.95. The van der Waals surface area contributed by atoms with Gasteiger partial charge in [-0.05, 0) is 24.3 Å². The fourth-order valence-corrected chi connectivity index (χ4v) is 3.58. The van der Waals surface area contributed by atoms with Crippen molar-refractivity contribution in [3.05, 3.63) is 48.2 Å². The molecule has 0 atom stereocenters. The molecule has 0 aliphatic carbocycles. The molecule has 0 N–H and O–H groups in total. The molecule has 2 amide bonds. The van der Waals surface area contributed by atoms with E-state index in [9.17, 15) is 9.59 Å². The molecule has 0 saturated carbocycles. The van der Waals surface area contributed by atoms with Crippen molar-refractivity contribution >= 4 is 17.5 Å². The van der Waals surface area contributed by atoms with Crippen molar-refractivity contribution in [1.29, 1.82) is 5.26 Å². The number of hydrogen-bond acceptors (Lipinski definition) is 6. The number of carbonyl (C=O) groups excluding carboxylic acids is 2. The highest BCUT2D eigenvalue weighted by Crippen LogP contribution is 2.36. The molecule has 2 aromatic rings. The highest BCUT2D eigenvalue weighted by Gasteiger charge is 2.32. The number of piperazine rings is 1. The third-order valence-corrected chi connectivity index (χ3v) is 5.17. The molecule has 1 saturated heterocycles. The minimum Gasteiger partial charge on any atom is -0.436 e. The summed E-state index contributed by atoms with van der Waals surface area (Å²) >= 11 is 0. The average Bonchev–Trinajstić information content (AvgIpc) is 2.87. The maximum atomic E-state index is 13.2. The highest BCUT2D eigenvalue weighted by atomic mass is 16.5. The maximum absolute atomic E-state index is 13.2. The number of benzene rings is 1. The Kier molecular flexibility index (Phi) is 5.40. The molecule has 0 radical (unpaired) electrons. The molecule has 0 unspecified atom stereocenters. The second-order valence-corrected chi connectivity index (χ2v) is 6.95. The Morgan fingerprint density at radius 2 is 1.93 bits per heavy atom. The second kappa shape index (κ2) is 8.29. The minimum atomic E-state index is -0.284. The fourth-order valence-electron chi connectivity index (χ4n) is 3.58. The van der Waals surface area contributed by atoms with Crippen LogP contribution in [0.1, 0.15) is 16.8 Å². The molecule has 1 aromatic heterocycles. The summed E-state index contributed by atoms with van der Waals surface area (Å²) in [6.07, 6.45) is 2.08. The van der Waals surface area contributed by atoms with Crippen LogP contribution < -0.4 is 9.64 Å². The van der Waals surface area contributed by atoms with E-state index in [0.29, 0.717) is 42.4 Å². The van der Waals surface area contributed by atoms with Crippen molar-refractivity contribution in [2.45, 2.75) is 6.42 Å². The zero-order valence-electron chi connectivity index (χ0n) is 16.0. The number of rotatable bonds is 4. The molecule has 1 aromatic carbocycles. The zero-order valence-corrected chi connectivity index (χ0v) is 16.0. The number of carbonyl (C=O) groups is 2. The summed E-state index contributed by atoms with van der Waals surface area (Å²) in [5, 5.41) is 8.72. The first kappa shape index (κ1) is 18.9. The van der Waals surface area contributed by atoms with E-state index in [-0.39, 0.29) is 18.4 Å². The Hall–Kier alpha value is -3.44. The summed E-state index contributed by atoms with van der Waals surface area (Å²) in [6.45, 7) is 3.26. The predicted octanol–water partition coefficient (Wildman–Crippen LogP) is 1.89. The molecule has 0 spiro atoms. The molecule has 148 valence electrons. The Labute approximate surface area is 168 Å². The first-order chi connectivity index (χ1) is 14.2. The van der Waals surface area contributed by atoms with E-state index in [1.54, 1.807) is 47.5 Å². The van der Waals surface area contributed by atoms with Crippen molar-refractivity contribution in [3.8, 4) is 17.7 Å². The van der Waals surface area contributed by atoms with Gasteiger partial charge >= 0.3 is 0 Å². The lowest BCUT2D eigenvalue weighted by atomic mass is 10.1. The number of fused-ring (bicyclic) bond motifs is 2.